The van der Waals surface area contributed by atoms with Gasteiger partial charge in [-0.25, -0.2) is 4.39 Å². The number of hydrogen-bond donors (Lipinski definition) is 0. The average Bonchev–Trinajstić information content (AvgIpc) is 2.20. The van der Waals surface area contributed by atoms with Crippen molar-refractivity contribution in [1.29, 1.82) is 0 Å². The Morgan fingerprint density at radius 2 is 2.12 bits per heavy atom. The predicted octanol–water partition coefficient (Wildman–Crippen LogP) is 2.44. The second kappa shape index (κ2) is 4.52. The van der Waals surface area contributed by atoms with Crippen molar-refractivity contribution in [2.24, 2.45) is 0 Å². The Bertz CT molecular complexity index is 365. The van der Waals surface area contributed by atoms with Crippen molar-refractivity contribution in [2.45, 2.75) is 26.0 Å². The van der Waals surface area contributed by atoms with Gasteiger partial charge in [-0.1, -0.05) is 18.2 Å². The van der Waals surface area contributed by atoms with Crippen LogP contribution < -0.4 is 0 Å². The second-order valence-corrected chi connectivity index (χ2v) is 4.91. The van der Waals surface area contributed by atoms with E-state index in [9.17, 15) is 4.39 Å². The Morgan fingerprint density at radius 3 is 2.81 bits per heavy atom. The summed E-state index contributed by atoms with van der Waals surface area (Å²) in [5, 5.41) is 0. The van der Waals surface area contributed by atoms with E-state index in [1.165, 1.54) is 6.07 Å². The number of rotatable bonds is 2. The number of benzene rings is 1. The van der Waals surface area contributed by atoms with E-state index >= 15 is 0 Å². The van der Waals surface area contributed by atoms with Crippen LogP contribution in [0.5, 0.6) is 0 Å². The van der Waals surface area contributed by atoms with E-state index in [2.05, 4.69) is 18.7 Å². The smallest absolute Gasteiger partial charge is 0.127 e. The van der Waals surface area contributed by atoms with Gasteiger partial charge in [0.25, 0.3) is 0 Å². The van der Waals surface area contributed by atoms with Crippen LogP contribution in [0.2, 0.25) is 0 Å². The minimum Gasteiger partial charge on any atom is -0.373 e. The largest absolute Gasteiger partial charge is 0.373 e. The van der Waals surface area contributed by atoms with Gasteiger partial charge in [0.05, 0.1) is 12.2 Å². The molecule has 1 fully saturated rings. The van der Waals surface area contributed by atoms with Crippen LogP contribution in [0.25, 0.3) is 0 Å². The molecule has 3 heteroatoms. The van der Waals surface area contributed by atoms with Crippen LogP contribution in [0.15, 0.2) is 24.3 Å². The molecular formula is C13H18FNO. The summed E-state index contributed by atoms with van der Waals surface area (Å²) in [5.74, 6) is -0.119. The SMILES string of the molecule is CC1(C)CN(Cc2ccccc2F)CCO1. The van der Waals surface area contributed by atoms with Gasteiger partial charge in [0.2, 0.25) is 0 Å². The highest BCUT2D eigenvalue weighted by atomic mass is 19.1. The maximum Gasteiger partial charge on any atom is 0.127 e. The molecule has 1 saturated heterocycles. The summed E-state index contributed by atoms with van der Waals surface area (Å²) in [6.07, 6.45) is 0. The van der Waals surface area contributed by atoms with Crippen molar-refractivity contribution in [3.8, 4) is 0 Å². The molecule has 16 heavy (non-hydrogen) atoms. The van der Waals surface area contributed by atoms with Gasteiger partial charge < -0.3 is 4.74 Å². The molecule has 1 aliphatic rings. The number of morpholine rings is 1. The molecule has 1 aromatic rings. The standard InChI is InChI=1S/C13H18FNO/c1-13(2)10-15(7-8-16-13)9-11-5-3-4-6-12(11)14/h3-6H,7-10H2,1-2H3. The molecule has 0 saturated carbocycles. The molecule has 0 atom stereocenters. The summed E-state index contributed by atoms with van der Waals surface area (Å²) < 4.78 is 19.1. The fourth-order valence-corrected chi connectivity index (χ4v) is 2.12. The molecule has 0 bridgehead atoms. The molecule has 88 valence electrons. The van der Waals surface area contributed by atoms with Crippen LogP contribution in [0.3, 0.4) is 0 Å². The lowest BCUT2D eigenvalue weighted by Crippen LogP contribution is -2.47. The summed E-state index contributed by atoms with van der Waals surface area (Å²) in [6.45, 7) is 7.25. The third-order valence-corrected chi connectivity index (χ3v) is 2.86. The zero-order valence-electron chi connectivity index (χ0n) is 9.87. The third-order valence-electron chi connectivity index (χ3n) is 2.86. The topological polar surface area (TPSA) is 12.5 Å². The van der Waals surface area contributed by atoms with E-state index in [0.29, 0.717) is 6.54 Å². The highest BCUT2D eigenvalue weighted by molar-refractivity contribution is 5.17. The molecule has 1 heterocycles. The van der Waals surface area contributed by atoms with Gasteiger partial charge in [-0.2, -0.15) is 0 Å². The van der Waals surface area contributed by atoms with Crippen LogP contribution in [-0.4, -0.2) is 30.2 Å². The van der Waals surface area contributed by atoms with Gasteiger partial charge in [-0.3, -0.25) is 4.90 Å². The van der Waals surface area contributed by atoms with Gasteiger partial charge in [0, 0.05) is 25.2 Å². The van der Waals surface area contributed by atoms with Gasteiger partial charge in [0.15, 0.2) is 0 Å². The molecule has 0 unspecified atom stereocenters. The van der Waals surface area contributed by atoms with Crippen molar-refractivity contribution in [3.05, 3.63) is 35.6 Å². The van der Waals surface area contributed by atoms with Crippen molar-refractivity contribution in [1.82, 2.24) is 4.90 Å². The monoisotopic (exact) mass is 223 g/mol. The quantitative estimate of drug-likeness (QED) is 0.763. The van der Waals surface area contributed by atoms with Crippen LogP contribution in [-0.2, 0) is 11.3 Å². The fraction of sp³-hybridized carbons (Fsp3) is 0.538. The van der Waals surface area contributed by atoms with Crippen LogP contribution in [0.4, 0.5) is 4.39 Å². The maximum atomic E-state index is 13.5. The molecule has 0 aromatic heterocycles. The molecule has 0 aliphatic carbocycles. The summed E-state index contributed by atoms with van der Waals surface area (Å²) in [4.78, 5) is 2.24. The van der Waals surface area contributed by atoms with E-state index in [1.54, 1.807) is 6.07 Å². The Balaban J connectivity index is 2.02. The third kappa shape index (κ3) is 2.80. The molecular weight excluding hydrogens is 205 g/mol. The first-order valence-corrected chi connectivity index (χ1v) is 5.66. The Kier molecular flexibility index (Phi) is 3.26. The first-order chi connectivity index (χ1) is 7.57. The molecule has 1 aromatic carbocycles. The summed E-state index contributed by atoms with van der Waals surface area (Å²) in [5.41, 5.74) is 0.643. The number of halogens is 1. The first-order valence-electron chi connectivity index (χ1n) is 5.66. The molecule has 0 N–H and O–H groups in total. The normalized spacial score (nSPS) is 20.9. The zero-order chi connectivity index (χ0) is 11.6. The summed E-state index contributed by atoms with van der Waals surface area (Å²) in [7, 11) is 0. The van der Waals surface area contributed by atoms with Crippen molar-refractivity contribution < 1.29 is 9.13 Å². The summed E-state index contributed by atoms with van der Waals surface area (Å²) in [6, 6.07) is 6.96. The van der Waals surface area contributed by atoms with Gasteiger partial charge in [0.1, 0.15) is 5.82 Å². The molecule has 0 spiro atoms. The van der Waals surface area contributed by atoms with E-state index < -0.39 is 0 Å². The van der Waals surface area contributed by atoms with E-state index in [-0.39, 0.29) is 11.4 Å². The molecule has 2 nitrogen and oxygen atoms in total. The van der Waals surface area contributed by atoms with E-state index in [4.69, 9.17) is 4.74 Å². The molecule has 0 amide bonds. The highest BCUT2D eigenvalue weighted by Gasteiger charge is 2.27. The highest BCUT2D eigenvalue weighted by Crippen LogP contribution is 2.19. The lowest BCUT2D eigenvalue weighted by molar-refractivity contribution is -0.0884. The van der Waals surface area contributed by atoms with Gasteiger partial charge in [-0.15, -0.1) is 0 Å². The van der Waals surface area contributed by atoms with Gasteiger partial charge in [-0.05, 0) is 19.9 Å². The second-order valence-electron chi connectivity index (χ2n) is 4.91. The first kappa shape index (κ1) is 11.6. The van der Waals surface area contributed by atoms with Crippen molar-refractivity contribution in [2.75, 3.05) is 19.7 Å². The lowest BCUT2D eigenvalue weighted by Gasteiger charge is -2.38. The van der Waals surface area contributed by atoms with E-state index in [0.717, 1.165) is 25.3 Å². The number of hydrogen-bond acceptors (Lipinski definition) is 2. The van der Waals surface area contributed by atoms with E-state index in [1.807, 2.05) is 12.1 Å². The maximum absolute atomic E-state index is 13.5. The van der Waals surface area contributed by atoms with Crippen LogP contribution >= 0.6 is 0 Å². The Labute approximate surface area is 96.0 Å². The molecule has 1 aliphatic heterocycles. The Morgan fingerprint density at radius 1 is 1.38 bits per heavy atom. The van der Waals surface area contributed by atoms with Crippen LogP contribution in [0.1, 0.15) is 19.4 Å². The average molecular weight is 223 g/mol. The van der Waals surface area contributed by atoms with Crippen LogP contribution in [0, 0.1) is 5.82 Å². The van der Waals surface area contributed by atoms with Gasteiger partial charge >= 0.3 is 0 Å². The molecule has 2 rings (SSSR count). The fourth-order valence-electron chi connectivity index (χ4n) is 2.12. The predicted molar refractivity (Wildman–Crippen MR) is 61.7 cm³/mol. The Hall–Kier alpha value is -0.930. The lowest BCUT2D eigenvalue weighted by atomic mass is 10.1. The zero-order valence-corrected chi connectivity index (χ0v) is 9.87. The molecule has 0 radical (unpaired) electrons. The number of nitrogens with zero attached hydrogens (tertiary/aromatic N) is 1. The van der Waals surface area contributed by atoms with Crippen molar-refractivity contribution in [3.63, 3.8) is 0 Å². The summed E-state index contributed by atoms with van der Waals surface area (Å²) >= 11 is 0. The number of ether oxygens (including phenoxy) is 1. The van der Waals surface area contributed by atoms with Crippen molar-refractivity contribution >= 4 is 0 Å². The minimum absolute atomic E-state index is 0.119. The minimum atomic E-state index is -0.122.